The molecule has 1 aromatic carbocycles. The quantitative estimate of drug-likeness (QED) is 0.192. The first-order valence-corrected chi connectivity index (χ1v) is 11.1. The Kier molecular flexibility index (Phi) is 13.3. The van der Waals surface area contributed by atoms with Crippen LogP contribution < -0.4 is 15.4 Å². The topological polar surface area (TPSA) is 82.6 Å². The molecule has 0 amide bonds. The molecule has 10 heteroatoms. The van der Waals surface area contributed by atoms with Crippen molar-refractivity contribution in [1.82, 2.24) is 15.4 Å². The summed E-state index contributed by atoms with van der Waals surface area (Å²) in [6.07, 6.45) is 2.63. The molecule has 0 radical (unpaired) electrons. The molecule has 1 aromatic rings. The Balaban J connectivity index is 0.00000625. The molecule has 1 rings (SSSR count). The Bertz CT molecular complexity index is 672. The van der Waals surface area contributed by atoms with E-state index in [1.54, 1.807) is 37.9 Å². The van der Waals surface area contributed by atoms with Gasteiger partial charge in [-0.15, -0.1) is 24.0 Å². The summed E-state index contributed by atoms with van der Waals surface area (Å²) < 4.78 is 38.5. The first-order valence-electron chi connectivity index (χ1n) is 8.10. The van der Waals surface area contributed by atoms with Crippen LogP contribution in [0.2, 0.25) is 0 Å². The number of nitrogens with zero attached hydrogens (tertiary/aromatic N) is 1. The summed E-state index contributed by atoms with van der Waals surface area (Å²) >= 11 is 1.64. The van der Waals surface area contributed by atoms with Crippen LogP contribution in [0.25, 0.3) is 0 Å². The summed E-state index contributed by atoms with van der Waals surface area (Å²) in [5.74, 6) is 1.22. The number of aliphatic imine (C=N–C) groups is 1. The van der Waals surface area contributed by atoms with E-state index >= 15 is 0 Å². The van der Waals surface area contributed by atoms with E-state index in [-0.39, 0.29) is 35.5 Å². The first kappa shape index (κ1) is 25.4. The van der Waals surface area contributed by atoms with Crippen molar-refractivity contribution in [2.45, 2.75) is 25.6 Å². The molecule has 0 aliphatic rings. The van der Waals surface area contributed by atoms with Crippen molar-refractivity contribution in [3.8, 4) is 0 Å². The van der Waals surface area contributed by atoms with Gasteiger partial charge in [0.1, 0.15) is 5.82 Å². The van der Waals surface area contributed by atoms with Gasteiger partial charge in [0.25, 0.3) is 0 Å². The SMILES string of the molecule is CCS(=O)(=O)NCCCNC(=NC)NCc1ccc(F)cc1CSC.I. The molecule has 0 bridgehead atoms. The van der Waals surface area contributed by atoms with Gasteiger partial charge in [0.05, 0.1) is 5.75 Å². The minimum atomic E-state index is -3.14. The smallest absolute Gasteiger partial charge is 0.211 e. The number of hydrogen-bond acceptors (Lipinski definition) is 4. The van der Waals surface area contributed by atoms with Crippen molar-refractivity contribution >= 4 is 51.7 Å². The zero-order valence-electron chi connectivity index (χ0n) is 15.3. The molecule has 0 unspecified atom stereocenters. The molecule has 6 nitrogen and oxygen atoms in total. The van der Waals surface area contributed by atoms with Gasteiger partial charge in [-0.3, -0.25) is 4.99 Å². The van der Waals surface area contributed by atoms with Crippen LogP contribution in [0.5, 0.6) is 0 Å². The highest BCUT2D eigenvalue weighted by molar-refractivity contribution is 14.0. The van der Waals surface area contributed by atoms with Gasteiger partial charge < -0.3 is 10.6 Å². The van der Waals surface area contributed by atoms with Crippen molar-refractivity contribution in [2.75, 3.05) is 32.1 Å². The van der Waals surface area contributed by atoms with Gasteiger partial charge in [-0.1, -0.05) is 6.07 Å². The van der Waals surface area contributed by atoms with Crippen LogP contribution in [-0.2, 0) is 22.3 Å². The molecule has 0 atom stereocenters. The van der Waals surface area contributed by atoms with Gasteiger partial charge in [0, 0.05) is 32.4 Å². The second-order valence-corrected chi connectivity index (χ2v) is 8.31. The molecule has 0 aromatic heterocycles. The highest BCUT2D eigenvalue weighted by atomic mass is 127. The normalized spacial score (nSPS) is 11.8. The highest BCUT2D eigenvalue weighted by Gasteiger charge is 2.06. The van der Waals surface area contributed by atoms with Crippen LogP contribution in [0.4, 0.5) is 4.39 Å². The molecule has 150 valence electrons. The second kappa shape index (κ2) is 13.6. The second-order valence-electron chi connectivity index (χ2n) is 5.35. The number of nitrogens with one attached hydrogen (secondary N) is 3. The fourth-order valence-electron chi connectivity index (χ4n) is 2.08. The Morgan fingerprint density at radius 3 is 2.58 bits per heavy atom. The zero-order valence-corrected chi connectivity index (χ0v) is 19.3. The number of rotatable bonds is 10. The van der Waals surface area contributed by atoms with Crippen LogP contribution in [0, 0.1) is 5.82 Å². The van der Waals surface area contributed by atoms with Crippen molar-refractivity contribution in [3.05, 3.63) is 35.1 Å². The number of sulfonamides is 1. The largest absolute Gasteiger partial charge is 0.356 e. The molecule has 0 saturated heterocycles. The lowest BCUT2D eigenvalue weighted by Crippen LogP contribution is -2.38. The third-order valence-corrected chi connectivity index (χ3v) is 5.49. The van der Waals surface area contributed by atoms with Gasteiger partial charge >= 0.3 is 0 Å². The van der Waals surface area contributed by atoms with E-state index in [0.29, 0.717) is 32.0 Å². The molecule has 3 N–H and O–H groups in total. The lowest BCUT2D eigenvalue weighted by molar-refractivity contribution is 0.579. The van der Waals surface area contributed by atoms with E-state index in [2.05, 4.69) is 20.3 Å². The van der Waals surface area contributed by atoms with Gasteiger partial charge in [-0.2, -0.15) is 11.8 Å². The van der Waals surface area contributed by atoms with Gasteiger partial charge in [-0.05, 0) is 42.9 Å². The average molecular weight is 518 g/mol. The average Bonchev–Trinajstić information content (AvgIpc) is 2.59. The van der Waals surface area contributed by atoms with Crippen molar-refractivity contribution in [1.29, 1.82) is 0 Å². The lowest BCUT2D eigenvalue weighted by atomic mass is 10.1. The Hall–Kier alpha value is -0.590. The van der Waals surface area contributed by atoms with Crippen molar-refractivity contribution in [3.63, 3.8) is 0 Å². The predicted octanol–water partition coefficient (Wildman–Crippen LogP) is 2.30. The molecule has 0 saturated carbocycles. The molecule has 26 heavy (non-hydrogen) atoms. The molecule has 0 fully saturated rings. The van der Waals surface area contributed by atoms with E-state index in [0.717, 1.165) is 16.9 Å². The maximum Gasteiger partial charge on any atom is 0.211 e. The Morgan fingerprint density at radius 1 is 1.23 bits per heavy atom. The van der Waals surface area contributed by atoms with E-state index < -0.39 is 10.0 Å². The lowest BCUT2D eigenvalue weighted by Gasteiger charge is -2.14. The third-order valence-electron chi connectivity index (χ3n) is 3.49. The third kappa shape index (κ3) is 9.93. The summed E-state index contributed by atoms with van der Waals surface area (Å²) in [6.45, 7) is 3.12. The van der Waals surface area contributed by atoms with Crippen molar-refractivity contribution < 1.29 is 12.8 Å². The Morgan fingerprint density at radius 2 is 1.96 bits per heavy atom. The molecule has 0 spiro atoms. The highest BCUT2D eigenvalue weighted by Crippen LogP contribution is 2.16. The maximum atomic E-state index is 13.4. The summed E-state index contributed by atoms with van der Waals surface area (Å²) in [5, 5.41) is 6.32. The number of thioether (sulfide) groups is 1. The maximum absolute atomic E-state index is 13.4. The zero-order chi connectivity index (χ0) is 18.7. The van der Waals surface area contributed by atoms with E-state index in [9.17, 15) is 12.8 Å². The predicted molar refractivity (Wildman–Crippen MR) is 119 cm³/mol. The molecular formula is C16H28FIN4O2S2. The van der Waals surface area contributed by atoms with Crippen LogP contribution in [0.1, 0.15) is 24.5 Å². The number of guanidine groups is 1. The summed E-state index contributed by atoms with van der Waals surface area (Å²) in [5.41, 5.74) is 1.99. The summed E-state index contributed by atoms with van der Waals surface area (Å²) in [6, 6.07) is 4.79. The summed E-state index contributed by atoms with van der Waals surface area (Å²) in [4.78, 5) is 4.14. The van der Waals surface area contributed by atoms with E-state index in [1.165, 1.54) is 6.07 Å². The number of hydrogen-bond donors (Lipinski definition) is 3. The van der Waals surface area contributed by atoms with Gasteiger partial charge in [0.15, 0.2) is 5.96 Å². The van der Waals surface area contributed by atoms with Crippen molar-refractivity contribution in [2.24, 2.45) is 4.99 Å². The van der Waals surface area contributed by atoms with Crippen LogP contribution in [-0.4, -0.2) is 46.5 Å². The molecular weight excluding hydrogens is 490 g/mol. The van der Waals surface area contributed by atoms with Gasteiger partial charge in [0.2, 0.25) is 10.0 Å². The monoisotopic (exact) mass is 518 g/mol. The fraction of sp³-hybridized carbons (Fsp3) is 0.562. The number of benzene rings is 1. The van der Waals surface area contributed by atoms with Crippen LogP contribution in [0.15, 0.2) is 23.2 Å². The summed E-state index contributed by atoms with van der Waals surface area (Å²) in [7, 11) is -1.47. The van der Waals surface area contributed by atoms with E-state index in [1.807, 2.05) is 6.26 Å². The molecule has 0 heterocycles. The minimum Gasteiger partial charge on any atom is -0.356 e. The van der Waals surface area contributed by atoms with Crippen LogP contribution in [0.3, 0.4) is 0 Å². The molecule has 0 aliphatic carbocycles. The fourth-order valence-corrected chi connectivity index (χ4v) is 3.32. The first-order chi connectivity index (χ1) is 11.9. The van der Waals surface area contributed by atoms with Crippen LogP contribution >= 0.6 is 35.7 Å². The minimum absolute atomic E-state index is 0. The standard InChI is InChI=1S/C16H27FN4O2S2.HI/c1-4-25(22,23)21-9-5-8-19-16(18-2)20-11-13-6-7-15(17)10-14(13)12-24-3;/h6-7,10,21H,4-5,8-9,11-12H2,1-3H3,(H2,18,19,20);1H. The Labute approximate surface area is 177 Å². The number of halogens is 2. The van der Waals surface area contributed by atoms with E-state index in [4.69, 9.17) is 0 Å². The molecule has 0 aliphatic heterocycles. The van der Waals surface area contributed by atoms with Gasteiger partial charge in [-0.25, -0.2) is 17.5 Å².